The molecule has 1 aromatic heterocycles. The Bertz CT molecular complexity index is 581. The van der Waals surface area contributed by atoms with Gasteiger partial charge >= 0.3 is 0 Å². The number of sulfonamides is 1. The fourth-order valence-electron chi connectivity index (χ4n) is 2.51. The van der Waals surface area contributed by atoms with Gasteiger partial charge in [-0.25, -0.2) is 8.42 Å². The highest BCUT2D eigenvalue weighted by Crippen LogP contribution is 2.31. The van der Waals surface area contributed by atoms with Crippen LogP contribution in [0.2, 0.25) is 0 Å². The van der Waals surface area contributed by atoms with E-state index < -0.39 is 10.0 Å². The standard InChI is InChI=1S/C13H20ClNO4S/c1-9-8-15(5-4-6-18-9)20(16,17)13-11(3)19-10(2)12(13)7-14/h9H,4-8H2,1-3H3. The Hall–Kier alpha value is -0.560. The maximum Gasteiger partial charge on any atom is 0.246 e. The van der Waals surface area contributed by atoms with Gasteiger partial charge in [0.15, 0.2) is 0 Å². The largest absolute Gasteiger partial charge is 0.465 e. The van der Waals surface area contributed by atoms with Gasteiger partial charge in [-0.15, -0.1) is 11.6 Å². The Morgan fingerprint density at radius 3 is 2.70 bits per heavy atom. The number of rotatable bonds is 3. The third-order valence-electron chi connectivity index (χ3n) is 3.47. The van der Waals surface area contributed by atoms with E-state index in [1.165, 1.54) is 4.31 Å². The summed E-state index contributed by atoms with van der Waals surface area (Å²) in [5, 5.41) is 0. The molecule has 0 bridgehead atoms. The van der Waals surface area contributed by atoms with Gasteiger partial charge in [-0.1, -0.05) is 0 Å². The first-order chi connectivity index (χ1) is 9.37. The fraction of sp³-hybridized carbons (Fsp3) is 0.692. The molecule has 1 unspecified atom stereocenters. The second kappa shape index (κ2) is 6.05. The van der Waals surface area contributed by atoms with E-state index in [1.54, 1.807) is 13.8 Å². The molecule has 0 N–H and O–H groups in total. The van der Waals surface area contributed by atoms with Crippen molar-refractivity contribution in [3.8, 4) is 0 Å². The minimum atomic E-state index is -3.60. The van der Waals surface area contributed by atoms with Gasteiger partial charge in [0.2, 0.25) is 10.0 Å². The fourth-order valence-corrected chi connectivity index (χ4v) is 4.87. The van der Waals surface area contributed by atoms with E-state index in [-0.39, 0.29) is 16.9 Å². The summed E-state index contributed by atoms with van der Waals surface area (Å²) in [6.45, 7) is 6.67. The number of hydrogen-bond donors (Lipinski definition) is 0. The van der Waals surface area contributed by atoms with Crippen LogP contribution in [0.1, 0.15) is 30.4 Å². The molecule has 0 amide bonds. The second-order valence-electron chi connectivity index (χ2n) is 5.05. The smallest absolute Gasteiger partial charge is 0.246 e. The number of aryl methyl sites for hydroxylation is 2. The molecule has 0 aromatic carbocycles. The lowest BCUT2D eigenvalue weighted by atomic mass is 10.3. The SMILES string of the molecule is Cc1oc(C)c(S(=O)(=O)N2CCCOC(C)C2)c1CCl. The van der Waals surface area contributed by atoms with Crippen molar-refractivity contribution in [2.24, 2.45) is 0 Å². The average molecular weight is 322 g/mol. The lowest BCUT2D eigenvalue weighted by Crippen LogP contribution is -2.36. The van der Waals surface area contributed by atoms with E-state index in [1.807, 2.05) is 6.92 Å². The van der Waals surface area contributed by atoms with Gasteiger partial charge in [-0.2, -0.15) is 4.31 Å². The highest BCUT2D eigenvalue weighted by molar-refractivity contribution is 7.89. The molecule has 1 aliphatic heterocycles. The minimum absolute atomic E-state index is 0.111. The lowest BCUT2D eigenvalue weighted by Gasteiger charge is -2.21. The van der Waals surface area contributed by atoms with E-state index in [2.05, 4.69) is 0 Å². The van der Waals surface area contributed by atoms with Gasteiger partial charge in [0.05, 0.1) is 12.0 Å². The molecular weight excluding hydrogens is 302 g/mol. The zero-order valence-electron chi connectivity index (χ0n) is 12.0. The molecule has 1 saturated heterocycles. The molecular formula is C13H20ClNO4S. The molecule has 2 heterocycles. The Morgan fingerprint density at radius 2 is 2.05 bits per heavy atom. The molecule has 2 rings (SSSR count). The molecule has 1 aromatic rings. The highest BCUT2D eigenvalue weighted by Gasteiger charge is 2.33. The van der Waals surface area contributed by atoms with E-state index in [9.17, 15) is 8.42 Å². The molecule has 0 spiro atoms. The first-order valence-electron chi connectivity index (χ1n) is 6.64. The van der Waals surface area contributed by atoms with Crippen molar-refractivity contribution in [2.75, 3.05) is 19.7 Å². The molecule has 0 radical (unpaired) electrons. The van der Waals surface area contributed by atoms with Gasteiger partial charge in [0.1, 0.15) is 16.4 Å². The van der Waals surface area contributed by atoms with Crippen molar-refractivity contribution in [1.29, 1.82) is 0 Å². The summed E-state index contributed by atoms with van der Waals surface area (Å²) in [5.74, 6) is 1.09. The van der Waals surface area contributed by atoms with E-state index in [0.29, 0.717) is 43.2 Å². The van der Waals surface area contributed by atoms with Crippen molar-refractivity contribution in [3.05, 3.63) is 17.1 Å². The predicted octanol–water partition coefficient (Wildman–Crippen LogP) is 2.43. The Kier molecular flexibility index (Phi) is 4.79. The minimum Gasteiger partial charge on any atom is -0.465 e. The van der Waals surface area contributed by atoms with Crippen LogP contribution in [0, 0.1) is 13.8 Å². The molecule has 114 valence electrons. The molecule has 1 fully saturated rings. The normalized spacial score (nSPS) is 21.9. The van der Waals surface area contributed by atoms with Crippen LogP contribution in [0.3, 0.4) is 0 Å². The Morgan fingerprint density at radius 1 is 1.35 bits per heavy atom. The van der Waals surface area contributed by atoms with E-state index in [0.717, 1.165) is 0 Å². The predicted molar refractivity (Wildman–Crippen MR) is 76.5 cm³/mol. The zero-order valence-corrected chi connectivity index (χ0v) is 13.6. The molecule has 20 heavy (non-hydrogen) atoms. The molecule has 1 aliphatic rings. The number of halogens is 1. The van der Waals surface area contributed by atoms with Crippen molar-refractivity contribution in [3.63, 3.8) is 0 Å². The van der Waals surface area contributed by atoms with Crippen LogP contribution >= 0.6 is 11.6 Å². The number of furan rings is 1. The summed E-state index contributed by atoms with van der Waals surface area (Å²) < 4.78 is 38.1. The summed E-state index contributed by atoms with van der Waals surface area (Å²) in [4.78, 5) is 0.221. The van der Waals surface area contributed by atoms with Gasteiger partial charge < -0.3 is 9.15 Å². The van der Waals surface area contributed by atoms with Crippen LogP contribution < -0.4 is 0 Å². The van der Waals surface area contributed by atoms with E-state index in [4.69, 9.17) is 20.8 Å². The number of alkyl halides is 1. The molecule has 0 saturated carbocycles. The third kappa shape index (κ3) is 2.88. The quantitative estimate of drug-likeness (QED) is 0.802. The van der Waals surface area contributed by atoms with Gasteiger partial charge in [-0.05, 0) is 27.2 Å². The molecule has 5 nitrogen and oxygen atoms in total. The molecule has 0 aliphatic carbocycles. The summed E-state index contributed by atoms with van der Waals surface area (Å²) in [7, 11) is -3.60. The van der Waals surface area contributed by atoms with Crippen LogP contribution in [0.15, 0.2) is 9.31 Å². The van der Waals surface area contributed by atoms with Crippen LogP contribution in [0.5, 0.6) is 0 Å². The molecule has 1 atom stereocenters. The second-order valence-corrected chi connectivity index (χ2v) is 7.20. The summed E-state index contributed by atoms with van der Waals surface area (Å²) >= 11 is 5.89. The first-order valence-corrected chi connectivity index (χ1v) is 8.62. The van der Waals surface area contributed by atoms with Crippen molar-refractivity contribution >= 4 is 21.6 Å². The first kappa shape index (κ1) is 15.8. The topological polar surface area (TPSA) is 59.8 Å². The maximum absolute atomic E-state index is 12.9. The van der Waals surface area contributed by atoms with E-state index >= 15 is 0 Å². The monoisotopic (exact) mass is 321 g/mol. The van der Waals surface area contributed by atoms with Crippen molar-refractivity contribution in [1.82, 2.24) is 4.31 Å². The van der Waals surface area contributed by atoms with Crippen LogP contribution in [-0.2, 0) is 20.6 Å². The summed E-state index contributed by atoms with van der Waals surface area (Å²) in [6.07, 6.45) is 0.579. The zero-order chi connectivity index (χ0) is 14.9. The van der Waals surface area contributed by atoms with Crippen LogP contribution in [-0.4, -0.2) is 38.5 Å². The number of hydrogen-bond acceptors (Lipinski definition) is 4. The van der Waals surface area contributed by atoms with Gasteiger partial charge in [0.25, 0.3) is 0 Å². The van der Waals surface area contributed by atoms with Crippen LogP contribution in [0.25, 0.3) is 0 Å². The molecule has 7 heteroatoms. The van der Waals surface area contributed by atoms with Gasteiger partial charge in [0, 0.05) is 25.3 Å². The Balaban J connectivity index is 2.44. The number of ether oxygens (including phenoxy) is 1. The summed E-state index contributed by atoms with van der Waals surface area (Å²) in [6, 6.07) is 0. The third-order valence-corrected chi connectivity index (χ3v) is 5.80. The highest BCUT2D eigenvalue weighted by atomic mass is 35.5. The van der Waals surface area contributed by atoms with Crippen LogP contribution in [0.4, 0.5) is 0 Å². The summed E-state index contributed by atoms with van der Waals surface area (Å²) in [5.41, 5.74) is 0.557. The van der Waals surface area contributed by atoms with Crippen molar-refractivity contribution < 1.29 is 17.6 Å². The average Bonchev–Trinajstić information content (AvgIpc) is 2.54. The Labute approximate surface area is 124 Å². The maximum atomic E-state index is 12.9. The van der Waals surface area contributed by atoms with Gasteiger partial charge in [-0.3, -0.25) is 0 Å². The number of nitrogens with zero attached hydrogens (tertiary/aromatic N) is 1. The van der Waals surface area contributed by atoms with Crippen molar-refractivity contribution in [2.45, 2.75) is 44.1 Å². The lowest BCUT2D eigenvalue weighted by molar-refractivity contribution is 0.0752.